The minimum Gasteiger partial charge on any atom is -0.495 e. The van der Waals surface area contributed by atoms with Crippen LogP contribution in [-0.2, 0) is 14.8 Å². The second-order valence-corrected chi connectivity index (χ2v) is 7.19. The number of halogens is 1. The molecule has 2 aromatic carbocycles. The van der Waals surface area contributed by atoms with E-state index in [1.54, 1.807) is 30.3 Å². The van der Waals surface area contributed by atoms with Crippen molar-refractivity contribution in [2.24, 2.45) is 0 Å². The third kappa shape index (κ3) is 4.93. The lowest BCUT2D eigenvalue weighted by Gasteiger charge is -2.24. The van der Waals surface area contributed by atoms with Gasteiger partial charge in [-0.1, -0.05) is 24.3 Å². The highest BCUT2D eigenvalue weighted by Crippen LogP contribution is 2.29. The second kappa shape index (κ2) is 7.98. The zero-order valence-electron chi connectivity index (χ0n) is 13.9. The van der Waals surface area contributed by atoms with Crippen LogP contribution in [0, 0.1) is 5.82 Å². The number of sulfonamides is 1. The van der Waals surface area contributed by atoms with Crippen molar-refractivity contribution >= 4 is 27.3 Å². The van der Waals surface area contributed by atoms with E-state index in [1.807, 2.05) is 0 Å². The minimum absolute atomic E-state index is 0.0516. The predicted octanol–water partition coefficient (Wildman–Crippen LogP) is 2.63. The molecule has 2 rings (SSSR count). The molecule has 0 aliphatic rings. The number of carbonyl (C=O) groups excluding carboxylic acids is 1. The standard InChI is InChI=1S/C17H19FN2O4S/c1-24-16-10-6-5-9-15(16)20(25(2,22)23)12-11-17(21)19-14-8-4-3-7-13(14)18/h3-10H,11-12H2,1-2H3,(H,19,21). The van der Waals surface area contributed by atoms with E-state index < -0.39 is 21.7 Å². The average molecular weight is 366 g/mol. The van der Waals surface area contributed by atoms with Crippen molar-refractivity contribution < 1.29 is 22.3 Å². The van der Waals surface area contributed by atoms with Crippen LogP contribution in [0.2, 0.25) is 0 Å². The van der Waals surface area contributed by atoms with Crippen LogP contribution in [0.25, 0.3) is 0 Å². The Labute approximate surface area is 146 Å². The molecule has 6 nitrogen and oxygen atoms in total. The van der Waals surface area contributed by atoms with E-state index in [1.165, 1.54) is 25.3 Å². The van der Waals surface area contributed by atoms with Gasteiger partial charge in [-0.3, -0.25) is 9.10 Å². The number of benzene rings is 2. The number of amides is 1. The van der Waals surface area contributed by atoms with Gasteiger partial charge in [0.2, 0.25) is 15.9 Å². The van der Waals surface area contributed by atoms with Gasteiger partial charge in [-0.05, 0) is 24.3 Å². The van der Waals surface area contributed by atoms with Crippen molar-refractivity contribution in [2.45, 2.75) is 6.42 Å². The first-order valence-electron chi connectivity index (χ1n) is 7.48. The Morgan fingerprint density at radius 1 is 1.16 bits per heavy atom. The molecule has 0 atom stereocenters. The summed E-state index contributed by atoms with van der Waals surface area (Å²) in [6.45, 7) is -0.0977. The first-order valence-corrected chi connectivity index (χ1v) is 9.33. The molecule has 134 valence electrons. The normalized spacial score (nSPS) is 11.0. The number of para-hydroxylation sites is 3. The molecular formula is C17H19FN2O4S. The first-order chi connectivity index (χ1) is 11.8. The maximum Gasteiger partial charge on any atom is 0.232 e. The molecule has 0 saturated carbocycles. The third-order valence-electron chi connectivity index (χ3n) is 3.44. The molecule has 0 spiro atoms. The fourth-order valence-electron chi connectivity index (χ4n) is 2.28. The Bertz CT molecular complexity index is 855. The average Bonchev–Trinajstić information content (AvgIpc) is 2.56. The lowest BCUT2D eigenvalue weighted by atomic mass is 10.2. The predicted molar refractivity (Wildman–Crippen MR) is 94.8 cm³/mol. The lowest BCUT2D eigenvalue weighted by Crippen LogP contribution is -2.33. The second-order valence-electron chi connectivity index (χ2n) is 5.28. The lowest BCUT2D eigenvalue weighted by molar-refractivity contribution is -0.116. The van der Waals surface area contributed by atoms with Gasteiger partial charge < -0.3 is 10.1 Å². The zero-order chi connectivity index (χ0) is 18.4. The van der Waals surface area contributed by atoms with Crippen LogP contribution in [0.5, 0.6) is 5.75 Å². The maximum absolute atomic E-state index is 13.6. The van der Waals surface area contributed by atoms with Gasteiger partial charge in [0.1, 0.15) is 11.6 Å². The van der Waals surface area contributed by atoms with Crippen molar-refractivity contribution in [1.82, 2.24) is 0 Å². The van der Waals surface area contributed by atoms with Crippen molar-refractivity contribution in [3.8, 4) is 5.75 Å². The van der Waals surface area contributed by atoms with E-state index in [4.69, 9.17) is 4.74 Å². The number of nitrogens with zero attached hydrogens (tertiary/aromatic N) is 1. The topological polar surface area (TPSA) is 75.7 Å². The van der Waals surface area contributed by atoms with E-state index in [2.05, 4.69) is 5.32 Å². The number of nitrogens with one attached hydrogen (secondary N) is 1. The number of hydrogen-bond acceptors (Lipinski definition) is 4. The van der Waals surface area contributed by atoms with Gasteiger partial charge in [-0.25, -0.2) is 12.8 Å². The Hall–Kier alpha value is -2.61. The van der Waals surface area contributed by atoms with Crippen molar-refractivity contribution in [1.29, 1.82) is 0 Å². The minimum atomic E-state index is -3.63. The van der Waals surface area contributed by atoms with Gasteiger partial charge in [0, 0.05) is 13.0 Å². The summed E-state index contributed by atoms with van der Waals surface area (Å²) in [5.41, 5.74) is 0.391. The van der Waals surface area contributed by atoms with Gasteiger partial charge in [-0.15, -0.1) is 0 Å². The van der Waals surface area contributed by atoms with Crippen molar-refractivity contribution in [2.75, 3.05) is 29.5 Å². The van der Waals surface area contributed by atoms with Crippen LogP contribution in [-0.4, -0.2) is 34.2 Å². The zero-order valence-corrected chi connectivity index (χ0v) is 14.7. The number of hydrogen-bond donors (Lipinski definition) is 1. The highest BCUT2D eigenvalue weighted by atomic mass is 32.2. The summed E-state index contributed by atoms with van der Waals surface area (Å²) >= 11 is 0. The molecule has 0 saturated heterocycles. The van der Waals surface area contributed by atoms with Crippen LogP contribution in [0.4, 0.5) is 15.8 Å². The Kier molecular flexibility index (Phi) is 5.97. The van der Waals surface area contributed by atoms with Crippen LogP contribution >= 0.6 is 0 Å². The SMILES string of the molecule is COc1ccccc1N(CCC(=O)Nc1ccccc1F)S(C)(=O)=O. The van der Waals surface area contributed by atoms with Crippen molar-refractivity contribution in [3.05, 3.63) is 54.3 Å². The van der Waals surface area contributed by atoms with E-state index in [9.17, 15) is 17.6 Å². The van der Waals surface area contributed by atoms with Crippen LogP contribution in [0.15, 0.2) is 48.5 Å². The quantitative estimate of drug-likeness (QED) is 0.817. The molecule has 0 fully saturated rings. The number of carbonyl (C=O) groups is 1. The van der Waals surface area contributed by atoms with E-state index >= 15 is 0 Å². The summed E-state index contributed by atoms with van der Waals surface area (Å²) in [6, 6.07) is 12.4. The monoisotopic (exact) mass is 366 g/mol. The fraction of sp³-hybridized carbons (Fsp3) is 0.235. The highest BCUT2D eigenvalue weighted by molar-refractivity contribution is 7.92. The fourth-order valence-corrected chi connectivity index (χ4v) is 3.21. The van der Waals surface area contributed by atoms with Crippen LogP contribution in [0.3, 0.4) is 0 Å². The van der Waals surface area contributed by atoms with Gasteiger partial charge >= 0.3 is 0 Å². The molecule has 25 heavy (non-hydrogen) atoms. The molecule has 2 aromatic rings. The third-order valence-corrected chi connectivity index (χ3v) is 4.62. The van der Waals surface area contributed by atoms with Gasteiger partial charge in [0.25, 0.3) is 0 Å². The number of methoxy groups -OCH3 is 1. The molecule has 0 bridgehead atoms. The first kappa shape index (κ1) is 18.7. The summed E-state index contributed by atoms with van der Waals surface area (Å²) in [6.07, 6.45) is 0.910. The molecule has 1 N–H and O–H groups in total. The summed E-state index contributed by atoms with van der Waals surface area (Å²) in [7, 11) is -2.19. The number of anilines is 2. The molecule has 0 aliphatic heterocycles. The highest BCUT2D eigenvalue weighted by Gasteiger charge is 2.21. The molecule has 8 heteroatoms. The Morgan fingerprint density at radius 3 is 2.44 bits per heavy atom. The molecular weight excluding hydrogens is 347 g/mol. The summed E-state index contributed by atoms with van der Waals surface area (Å²) < 4.78 is 44.0. The van der Waals surface area contributed by atoms with E-state index in [0.717, 1.165) is 10.6 Å². The number of ether oxygens (including phenoxy) is 1. The van der Waals surface area contributed by atoms with Gasteiger partial charge in [0.15, 0.2) is 0 Å². The smallest absolute Gasteiger partial charge is 0.232 e. The molecule has 0 aromatic heterocycles. The van der Waals surface area contributed by atoms with Gasteiger partial charge in [-0.2, -0.15) is 0 Å². The summed E-state index contributed by atoms with van der Waals surface area (Å²) in [5.74, 6) is -0.670. The Morgan fingerprint density at radius 2 is 1.80 bits per heavy atom. The molecule has 0 unspecified atom stereocenters. The molecule has 0 aliphatic carbocycles. The molecule has 0 radical (unpaired) electrons. The van der Waals surface area contributed by atoms with E-state index in [0.29, 0.717) is 11.4 Å². The maximum atomic E-state index is 13.6. The summed E-state index contributed by atoms with van der Waals surface area (Å²) in [4.78, 5) is 12.1. The van der Waals surface area contributed by atoms with Crippen molar-refractivity contribution in [3.63, 3.8) is 0 Å². The molecule has 1 amide bonds. The number of rotatable bonds is 7. The van der Waals surface area contributed by atoms with Gasteiger partial charge in [0.05, 0.1) is 24.7 Å². The van der Waals surface area contributed by atoms with Crippen LogP contribution in [0.1, 0.15) is 6.42 Å². The Balaban J connectivity index is 2.14. The van der Waals surface area contributed by atoms with E-state index in [-0.39, 0.29) is 18.7 Å². The van der Waals surface area contributed by atoms with Crippen LogP contribution < -0.4 is 14.4 Å². The largest absolute Gasteiger partial charge is 0.495 e. The molecule has 0 heterocycles. The summed E-state index contributed by atoms with van der Waals surface area (Å²) in [5, 5.41) is 2.43.